The highest BCUT2D eigenvalue weighted by atomic mass is 32.1. The maximum absolute atomic E-state index is 13.0. The van der Waals surface area contributed by atoms with Crippen molar-refractivity contribution in [3.63, 3.8) is 0 Å². The highest BCUT2D eigenvalue weighted by molar-refractivity contribution is 7.17. The molecule has 32 heavy (non-hydrogen) atoms. The lowest BCUT2D eigenvalue weighted by Crippen LogP contribution is -2.27. The van der Waals surface area contributed by atoms with Gasteiger partial charge in [0, 0.05) is 19.5 Å². The van der Waals surface area contributed by atoms with E-state index in [0.717, 1.165) is 10.4 Å². The summed E-state index contributed by atoms with van der Waals surface area (Å²) in [4.78, 5) is 34.2. The maximum Gasteiger partial charge on any atom is 0.268 e. The Bertz CT molecular complexity index is 1310. The number of anilines is 2. The molecule has 3 N–H and O–H groups in total. The van der Waals surface area contributed by atoms with Crippen LogP contribution in [0.1, 0.15) is 36.3 Å². The predicted molar refractivity (Wildman–Crippen MR) is 123 cm³/mol. The third-order valence-corrected chi connectivity index (χ3v) is 5.63. The minimum absolute atomic E-state index is 0.191. The van der Waals surface area contributed by atoms with E-state index in [-0.39, 0.29) is 18.4 Å². The van der Waals surface area contributed by atoms with Gasteiger partial charge in [-0.05, 0) is 44.2 Å². The highest BCUT2D eigenvalue weighted by Gasteiger charge is 2.22. The van der Waals surface area contributed by atoms with Crippen LogP contribution in [0.15, 0.2) is 40.9 Å². The number of aliphatic hydroxyl groups is 1. The fraction of sp³-hybridized carbons (Fsp3) is 0.273. The average molecular weight is 454 g/mol. The summed E-state index contributed by atoms with van der Waals surface area (Å²) >= 11 is 1.28. The van der Waals surface area contributed by atoms with Crippen LogP contribution in [0.5, 0.6) is 0 Å². The Hall–Kier alpha value is -3.50. The van der Waals surface area contributed by atoms with Crippen LogP contribution in [-0.4, -0.2) is 37.1 Å². The number of rotatable bonds is 6. The van der Waals surface area contributed by atoms with Crippen molar-refractivity contribution in [1.82, 2.24) is 14.5 Å². The molecule has 0 atom stereocenters. The summed E-state index contributed by atoms with van der Waals surface area (Å²) in [5.74, 6) is 0.943. The standard InChI is InChI=1S/C22H23N5O4S/c1-12(28)24-14-5-6-16-15(9-14)25-21(27(16)11-22(3,4)30)26-20(29)19-8-7-18(32-19)17-10-23-13(2)31-17/h5-10,30H,11H2,1-4H3,(H,24,28)(H,25,26,29). The molecule has 9 nitrogen and oxygen atoms in total. The van der Waals surface area contributed by atoms with Crippen molar-refractivity contribution in [2.45, 2.75) is 39.8 Å². The lowest BCUT2D eigenvalue weighted by molar-refractivity contribution is -0.114. The number of carbonyl (C=O) groups excluding carboxylic acids is 2. The molecule has 4 aromatic rings. The van der Waals surface area contributed by atoms with Crippen LogP contribution in [0.2, 0.25) is 0 Å². The lowest BCUT2D eigenvalue weighted by Gasteiger charge is -2.20. The van der Waals surface area contributed by atoms with Gasteiger partial charge in [-0.15, -0.1) is 11.3 Å². The quantitative estimate of drug-likeness (QED) is 0.405. The average Bonchev–Trinajstić information content (AvgIpc) is 3.40. The number of imidazole rings is 1. The van der Waals surface area contributed by atoms with Crippen molar-refractivity contribution < 1.29 is 19.1 Å². The topological polar surface area (TPSA) is 122 Å². The molecule has 0 aliphatic rings. The van der Waals surface area contributed by atoms with Gasteiger partial charge < -0.3 is 19.4 Å². The number of aromatic nitrogens is 3. The first kappa shape index (κ1) is 21.7. The summed E-state index contributed by atoms with van der Waals surface area (Å²) in [6.07, 6.45) is 1.62. The molecule has 0 radical (unpaired) electrons. The molecule has 3 aromatic heterocycles. The molecule has 0 aliphatic carbocycles. The number of hydrogen-bond acceptors (Lipinski definition) is 7. The number of nitrogens with one attached hydrogen (secondary N) is 2. The highest BCUT2D eigenvalue weighted by Crippen LogP contribution is 2.30. The van der Waals surface area contributed by atoms with Crippen LogP contribution >= 0.6 is 11.3 Å². The molecule has 0 bridgehead atoms. The van der Waals surface area contributed by atoms with Crippen LogP contribution < -0.4 is 10.6 Å². The van der Waals surface area contributed by atoms with Gasteiger partial charge in [0.25, 0.3) is 5.91 Å². The molecule has 166 valence electrons. The first-order valence-electron chi connectivity index (χ1n) is 9.93. The van der Waals surface area contributed by atoms with E-state index in [1.807, 2.05) is 0 Å². The predicted octanol–water partition coefficient (Wildman–Crippen LogP) is 4.04. The normalized spacial score (nSPS) is 11.7. The van der Waals surface area contributed by atoms with Crippen molar-refractivity contribution >= 4 is 45.8 Å². The molecule has 2 amide bonds. The number of thiophene rings is 1. The van der Waals surface area contributed by atoms with Gasteiger partial charge in [0.05, 0.1) is 39.1 Å². The van der Waals surface area contributed by atoms with E-state index in [9.17, 15) is 14.7 Å². The smallest absolute Gasteiger partial charge is 0.268 e. The number of oxazole rings is 1. The molecule has 10 heteroatoms. The van der Waals surface area contributed by atoms with E-state index in [1.54, 1.807) is 61.9 Å². The Morgan fingerprint density at radius 2 is 2.00 bits per heavy atom. The molecule has 0 fully saturated rings. The molecule has 0 spiro atoms. The second kappa shape index (κ2) is 8.21. The van der Waals surface area contributed by atoms with Crippen molar-refractivity contribution in [3.05, 3.63) is 47.3 Å². The van der Waals surface area contributed by atoms with Gasteiger partial charge in [0.2, 0.25) is 11.9 Å². The van der Waals surface area contributed by atoms with E-state index in [0.29, 0.717) is 33.7 Å². The van der Waals surface area contributed by atoms with E-state index in [2.05, 4.69) is 20.6 Å². The molecule has 3 heterocycles. The number of hydrogen-bond donors (Lipinski definition) is 3. The van der Waals surface area contributed by atoms with Gasteiger partial charge in [-0.25, -0.2) is 9.97 Å². The molecule has 1 aromatic carbocycles. The summed E-state index contributed by atoms with van der Waals surface area (Å²) < 4.78 is 7.28. The molecule has 0 aliphatic heterocycles. The maximum atomic E-state index is 13.0. The zero-order valence-corrected chi connectivity index (χ0v) is 18.9. The second-order valence-corrected chi connectivity index (χ2v) is 9.16. The Morgan fingerprint density at radius 1 is 1.22 bits per heavy atom. The first-order valence-corrected chi connectivity index (χ1v) is 10.7. The summed E-state index contributed by atoms with van der Waals surface area (Å²) in [6, 6.07) is 8.79. The van der Waals surface area contributed by atoms with E-state index >= 15 is 0 Å². The molecule has 0 unspecified atom stereocenters. The number of aryl methyl sites for hydroxylation is 1. The molecular weight excluding hydrogens is 430 g/mol. The molecule has 0 saturated heterocycles. The fourth-order valence-electron chi connectivity index (χ4n) is 3.28. The number of benzene rings is 1. The van der Waals surface area contributed by atoms with Crippen LogP contribution in [0.4, 0.5) is 11.6 Å². The number of fused-ring (bicyclic) bond motifs is 1. The monoisotopic (exact) mass is 453 g/mol. The summed E-state index contributed by atoms with van der Waals surface area (Å²) in [5, 5.41) is 16.0. The van der Waals surface area contributed by atoms with Gasteiger partial charge in [-0.2, -0.15) is 0 Å². The summed E-state index contributed by atoms with van der Waals surface area (Å²) in [7, 11) is 0. The van der Waals surface area contributed by atoms with Gasteiger partial charge in [-0.3, -0.25) is 14.9 Å². The van der Waals surface area contributed by atoms with Gasteiger partial charge in [0.15, 0.2) is 11.7 Å². The molecule has 0 saturated carbocycles. The fourth-order valence-corrected chi connectivity index (χ4v) is 4.13. The first-order chi connectivity index (χ1) is 15.1. The third-order valence-electron chi connectivity index (χ3n) is 4.53. The molecular formula is C22H23N5O4S. The van der Waals surface area contributed by atoms with Gasteiger partial charge >= 0.3 is 0 Å². The zero-order valence-electron chi connectivity index (χ0n) is 18.1. The minimum atomic E-state index is -1.04. The largest absolute Gasteiger partial charge is 0.440 e. The van der Waals surface area contributed by atoms with E-state index in [4.69, 9.17) is 4.42 Å². The van der Waals surface area contributed by atoms with Crippen LogP contribution in [-0.2, 0) is 11.3 Å². The second-order valence-electron chi connectivity index (χ2n) is 8.08. The Labute approximate surface area is 188 Å². The number of nitrogens with zero attached hydrogens (tertiary/aromatic N) is 3. The summed E-state index contributed by atoms with van der Waals surface area (Å²) in [6.45, 7) is 6.76. The Balaban J connectivity index is 1.66. The number of carbonyl (C=O) groups is 2. The van der Waals surface area contributed by atoms with E-state index < -0.39 is 5.60 Å². The Morgan fingerprint density at radius 3 is 2.66 bits per heavy atom. The lowest BCUT2D eigenvalue weighted by atomic mass is 10.1. The zero-order chi connectivity index (χ0) is 23.0. The summed E-state index contributed by atoms with van der Waals surface area (Å²) in [5.41, 5.74) is 0.866. The minimum Gasteiger partial charge on any atom is -0.440 e. The van der Waals surface area contributed by atoms with Gasteiger partial charge in [-0.1, -0.05) is 0 Å². The van der Waals surface area contributed by atoms with Crippen LogP contribution in [0, 0.1) is 6.92 Å². The van der Waals surface area contributed by atoms with Gasteiger partial charge in [0.1, 0.15) is 0 Å². The van der Waals surface area contributed by atoms with Crippen molar-refractivity contribution in [2.75, 3.05) is 10.6 Å². The Kier molecular flexibility index (Phi) is 5.57. The van der Waals surface area contributed by atoms with E-state index in [1.165, 1.54) is 18.3 Å². The van der Waals surface area contributed by atoms with Crippen LogP contribution in [0.3, 0.4) is 0 Å². The van der Waals surface area contributed by atoms with Crippen molar-refractivity contribution in [1.29, 1.82) is 0 Å². The molecule has 4 rings (SSSR count). The van der Waals surface area contributed by atoms with Crippen molar-refractivity contribution in [3.8, 4) is 10.6 Å². The third kappa shape index (κ3) is 4.71. The SMILES string of the molecule is CC(=O)Nc1ccc2c(c1)nc(NC(=O)c1ccc(-c3cnc(C)o3)s1)n2CC(C)(C)O. The van der Waals surface area contributed by atoms with Crippen LogP contribution in [0.25, 0.3) is 21.7 Å². The van der Waals surface area contributed by atoms with Crippen molar-refractivity contribution in [2.24, 2.45) is 0 Å². The number of amides is 2.